The maximum atomic E-state index is 11.9. The van der Waals surface area contributed by atoms with Gasteiger partial charge in [0.05, 0.1) is 11.6 Å². The fourth-order valence-electron chi connectivity index (χ4n) is 1.99. The summed E-state index contributed by atoms with van der Waals surface area (Å²) in [4.78, 5) is 23.6. The molecule has 0 heterocycles. The zero-order valence-corrected chi connectivity index (χ0v) is 15.4. The molecule has 7 heteroatoms. The minimum Gasteiger partial charge on any atom is -0.482 e. The van der Waals surface area contributed by atoms with Gasteiger partial charge in [0.2, 0.25) is 5.91 Å². The molecule has 0 unspecified atom stereocenters. The summed E-state index contributed by atoms with van der Waals surface area (Å²) in [5.41, 5.74) is 2.91. The molecule has 0 saturated heterocycles. The van der Waals surface area contributed by atoms with Gasteiger partial charge >= 0.3 is 0 Å². The van der Waals surface area contributed by atoms with Gasteiger partial charge in [0.1, 0.15) is 5.75 Å². The van der Waals surface area contributed by atoms with Crippen molar-refractivity contribution < 1.29 is 14.3 Å². The lowest BCUT2D eigenvalue weighted by atomic mass is 10.1. The van der Waals surface area contributed by atoms with Crippen molar-refractivity contribution in [2.45, 2.75) is 13.8 Å². The number of ether oxygens (including phenoxy) is 1. The van der Waals surface area contributed by atoms with Crippen LogP contribution in [0.5, 0.6) is 5.75 Å². The van der Waals surface area contributed by atoms with E-state index in [1.807, 2.05) is 32.0 Å². The third-order valence-corrected chi connectivity index (χ3v) is 4.02. The molecule has 2 aromatic rings. The van der Waals surface area contributed by atoms with Crippen LogP contribution in [0, 0.1) is 13.8 Å². The minimum absolute atomic E-state index is 0.149. The van der Waals surface area contributed by atoms with Crippen molar-refractivity contribution in [2.75, 3.05) is 18.5 Å². The molecule has 0 aliphatic carbocycles. The molecule has 0 bridgehead atoms. The van der Waals surface area contributed by atoms with Gasteiger partial charge in [-0.1, -0.05) is 29.3 Å². The molecule has 2 aromatic carbocycles. The van der Waals surface area contributed by atoms with E-state index >= 15 is 0 Å². The summed E-state index contributed by atoms with van der Waals surface area (Å²) in [5, 5.41) is 6.00. The predicted molar refractivity (Wildman–Crippen MR) is 99.5 cm³/mol. The summed E-state index contributed by atoms with van der Waals surface area (Å²) in [5.74, 6) is -0.400. The van der Waals surface area contributed by atoms with Crippen molar-refractivity contribution in [3.63, 3.8) is 0 Å². The van der Waals surface area contributed by atoms with Crippen molar-refractivity contribution >= 4 is 40.7 Å². The summed E-state index contributed by atoms with van der Waals surface area (Å²) < 4.78 is 5.30. The van der Waals surface area contributed by atoms with Gasteiger partial charge in [0.15, 0.2) is 6.61 Å². The van der Waals surface area contributed by atoms with Crippen molar-refractivity contribution in [1.29, 1.82) is 0 Å². The molecule has 2 rings (SSSR count). The number of anilines is 1. The molecule has 5 nitrogen and oxygen atoms in total. The number of amides is 2. The van der Waals surface area contributed by atoms with E-state index in [2.05, 4.69) is 10.6 Å². The van der Waals surface area contributed by atoms with Gasteiger partial charge < -0.3 is 15.4 Å². The van der Waals surface area contributed by atoms with E-state index in [0.29, 0.717) is 21.5 Å². The van der Waals surface area contributed by atoms with E-state index in [0.717, 1.165) is 11.1 Å². The number of carbonyl (C=O) groups is 2. The first-order valence-electron chi connectivity index (χ1n) is 7.57. The van der Waals surface area contributed by atoms with Gasteiger partial charge in [0.25, 0.3) is 5.91 Å². The maximum absolute atomic E-state index is 11.9. The van der Waals surface area contributed by atoms with Gasteiger partial charge in [-0.2, -0.15) is 0 Å². The Hall–Kier alpha value is -2.24. The minimum atomic E-state index is -0.429. The highest BCUT2D eigenvalue weighted by atomic mass is 35.5. The topological polar surface area (TPSA) is 67.4 Å². The Labute approximate surface area is 156 Å². The highest BCUT2D eigenvalue weighted by molar-refractivity contribution is 6.35. The lowest BCUT2D eigenvalue weighted by Gasteiger charge is -2.10. The molecule has 0 radical (unpaired) electrons. The van der Waals surface area contributed by atoms with Crippen LogP contribution in [0.3, 0.4) is 0 Å². The Morgan fingerprint density at radius 1 is 1.00 bits per heavy atom. The fourth-order valence-corrected chi connectivity index (χ4v) is 2.45. The summed E-state index contributed by atoms with van der Waals surface area (Å²) in [6.45, 7) is 3.56. The Kier molecular flexibility index (Phi) is 6.67. The molecule has 25 heavy (non-hydrogen) atoms. The van der Waals surface area contributed by atoms with Crippen LogP contribution in [-0.4, -0.2) is 25.0 Å². The second-order valence-corrected chi connectivity index (χ2v) is 6.33. The molecule has 0 spiro atoms. The van der Waals surface area contributed by atoms with Crippen LogP contribution in [0.4, 0.5) is 5.69 Å². The van der Waals surface area contributed by atoms with Crippen LogP contribution in [0.15, 0.2) is 36.4 Å². The lowest BCUT2D eigenvalue weighted by Crippen LogP contribution is -2.35. The number of nitrogens with one attached hydrogen (secondary N) is 2. The zero-order valence-electron chi connectivity index (χ0n) is 13.9. The molecule has 132 valence electrons. The van der Waals surface area contributed by atoms with Gasteiger partial charge in [-0.05, 0) is 55.3 Å². The lowest BCUT2D eigenvalue weighted by molar-refractivity contribution is -0.125. The monoisotopic (exact) mass is 380 g/mol. The van der Waals surface area contributed by atoms with Gasteiger partial charge in [-0.15, -0.1) is 0 Å². The normalized spacial score (nSPS) is 10.2. The molecule has 0 fully saturated rings. The SMILES string of the molecule is Cc1ccc(NC(=O)CNC(=O)COc2ccc(Cl)cc2Cl)cc1C. The molecule has 2 N–H and O–H groups in total. The average molecular weight is 381 g/mol. The fraction of sp³-hybridized carbons (Fsp3) is 0.222. The second-order valence-electron chi connectivity index (χ2n) is 5.49. The maximum Gasteiger partial charge on any atom is 0.258 e. The van der Waals surface area contributed by atoms with Crippen molar-refractivity contribution in [1.82, 2.24) is 5.32 Å². The quantitative estimate of drug-likeness (QED) is 0.801. The average Bonchev–Trinajstić information content (AvgIpc) is 2.55. The number of aryl methyl sites for hydroxylation is 2. The Morgan fingerprint density at radius 2 is 1.76 bits per heavy atom. The molecular formula is C18H18Cl2N2O3. The van der Waals surface area contributed by atoms with E-state index in [1.165, 1.54) is 6.07 Å². The molecule has 0 saturated carbocycles. The van der Waals surface area contributed by atoms with Crippen LogP contribution in [0.2, 0.25) is 10.0 Å². The van der Waals surface area contributed by atoms with Crippen molar-refractivity contribution in [2.24, 2.45) is 0 Å². The van der Waals surface area contributed by atoms with Crippen LogP contribution in [-0.2, 0) is 9.59 Å². The summed E-state index contributed by atoms with van der Waals surface area (Å²) in [6.07, 6.45) is 0. The van der Waals surface area contributed by atoms with Crippen LogP contribution >= 0.6 is 23.2 Å². The number of rotatable bonds is 6. The van der Waals surface area contributed by atoms with Crippen molar-refractivity contribution in [3.8, 4) is 5.75 Å². The van der Waals surface area contributed by atoms with Crippen LogP contribution in [0.1, 0.15) is 11.1 Å². The molecule has 0 atom stereocenters. The van der Waals surface area contributed by atoms with E-state index < -0.39 is 5.91 Å². The standard InChI is InChI=1S/C18H18Cl2N2O3/c1-11-3-5-14(7-12(11)2)22-17(23)9-21-18(24)10-25-16-6-4-13(19)8-15(16)20/h3-8H,9-10H2,1-2H3,(H,21,24)(H,22,23). The third kappa shape index (κ3) is 5.96. The van der Waals surface area contributed by atoms with Gasteiger partial charge in [0, 0.05) is 10.7 Å². The van der Waals surface area contributed by atoms with E-state index in [-0.39, 0.29) is 19.1 Å². The second kappa shape index (κ2) is 8.74. The Morgan fingerprint density at radius 3 is 2.44 bits per heavy atom. The summed E-state index contributed by atoms with van der Waals surface area (Å²) >= 11 is 11.7. The van der Waals surface area contributed by atoms with Crippen LogP contribution < -0.4 is 15.4 Å². The number of hydrogen-bond acceptors (Lipinski definition) is 3. The Bertz CT molecular complexity index is 794. The van der Waals surface area contributed by atoms with Crippen LogP contribution in [0.25, 0.3) is 0 Å². The van der Waals surface area contributed by atoms with Crippen molar-refractivity contribution in [3.05, 3.63) is 57.6 Å². The molecule has 2 amide bonds. The Balaban J connectivity index is 1.77. The van der Waals surface area contributed by atoms with Gasteiger partial charge in [-0.3, -0.25) is 9.59 Å². The highest BCUT2D eigenvalue weighted by Crippen LogP contribution is 2.27. The first kappa shape index (κ1) is 19.1. The molecule has 0 aliphatic rings. The number of benzene rings is 2. The first-order valence-corrected chi connectivity index (χ1v) is 8.32. The molecular weight excluding hydrogens is 363 g/mol. The predicted octanol–water partition coefficient (Wildman–Crippen LogP) is 3.74. The summed E-state index contributed by atoms with van der Waals surface area (Å²) in [7, 11) is 0. The number of hydrogen-bond donors (Lipinski definition) is 2. The first-order chi connectivity index (χ1) is 11.8. The van der Waals surface area contributed by atoms with E-state index in [4.69, 9.17) is 27.9 Å². The molecule has 0 aliphatic heterocycles. The zero-order chi connectivity index (χ0) is 18.4. The van der Waals surface area contributed by atoms with E-state index in [9.17, 15) is 9.59 Å². The number of halogens is 2. The third-order valence-electron chi connectivity index (χ3n) is 3.49. The van der Waals surface area contributed by atoms with E-state index in [1.54, 1.807) is 12.1 Å². The summed E-state index contributed by atoms with van der Waals surface area (Å²) in [6, 6.07) is 10.3. The smallest absolute Gasteiger partial charge is 0.258 e. The molecule has 0 aromatic heterocycles. The highest BCUT2D eigenvalue weighted by Gasteiger charge is 2.09. The van der Waals surface area contributed by atoms with Gasteiger partial charge in [-0.25, -0.2) is 0 Å². The number of carbonyl (C=O) groups excluding carboxylic acids is 2. The largest absolute Gasteiger partial charge is 0.482 e.